The van der Waals surface area contributed by atoms with Crippen LogP contribution in [-0.4, -0.2) is 48.1 Å². The number of hydrogen-bond acceptors (Lipinski definition) is 4. The van der Waals surface area contributed by atoms with Crippen molar-refractivity contribution in [3.05, 3.63) is 28.2 Å². The molecule has 26 heavy (non-hydrogen) atoms. The predicted octanol–water partition coefficient (Wildman–Crippen LogP) is 3.96. The summed E-state index contributed by atoms with van der Waals surface area (Å²) in [6, 6.07) is 6.83. The van der Waals surface area contributed by atoms with Crippen LogP contribution in [0.1, 0.15) is 25.8 Å². The third-order valence-corrected chi connectivity index (χ3v) is 5.99. The number of nitrogens with zero attached hydrogens (tertiary/aromatic N) is 3. The van der Waals surface area contributed by atoms with Crippen LogP contribution in [0.15, 0.2) is 23.2 Å². The minimum Gasteiger partial charge on any atom is -0.352 e. The van der Waals surface area contributed by atoms with Gasteiger partial charge in [-0.3, -0.25) is 9.89 Å². The zero-order valence-electron chi connectivity index (χ0n) is 15.6. The highest BCUT2D eigenvalue weighted by atomic mass is 127. The van der Waals surface area contributed by atoms with Crippen LogP contribution in [-0.2, 0) is 6.54 Å². The Kier molecular flexibility index (Phi) is 7.93. The quantitative estimate of drug-likeness (QED) is 0.374. The molecule has 0 amide bonds. The molecule has 1 aromatic carbocycles. The van der Waals surface area contributed by atoms with Crippen molar-refractivity contribution >= 4 is 63.1 Å². The first-order valence-electron chi connectivity index (χ1n) is 8.72. The van der Waals surface area contributed by atoms with Crippen molar-refractivity contribution in [2.45, 2.75) is 39.4 Å². The summed E-state index contributed by atoms with van der Waals surface area (Å²) in [5, 5.41) is 8.71. The number of hydrogen-bond donors (Lipinski definition) is 2. The molecule has 0 aliphatic carbocycles. The van der Waals surface area contributed by atoms with Crippen molar-refractivity contribution in [2.24, 2.45) is 10.9 Å². The number of aliphatic imine (C=N–C) groups is 1. The molecule has 2 atom stereocenters. The van der Waals surface area contributed by atoms with Gasteiger partial charge in [-0.2, -0.15) is 0 Å². The maximum absolute atomic E-state index is 6.04. The highest BCUT2D eigenvalue weighted by Crippen LogP contribution is 2.25. The second kappa shape index (κ2) is 9.52. The summed E-state index contributed by atoms with van der Waals surface area (Å²) in [6.45, 7) is 9.64. The van der Waals surface area contributed by atoms with Crippen LogP contribution in [0.4, 0.5) is 0 Å². The molecular weight excluding hydrogens is 481 g/mol. The van der Waals surface area contributed by atoms with Crippen molar-refractivity contribution in [3.8, 4) is 0 Å². The number of aromatic nitrogens is 1. The van der Waals surface area contributed by atoms with E-state index < -0.39 is 0 Å². The molecule has 2 unspecified atom stereocenters. The van der Waals surface area contributed by atoms with Crippen molar-refractivity contribution in [2.75, 3.05) is 20.1 Å². The molecule has 1 aliphatic heterocycles. The molecule has 5 nitrogen and oxygen atoms in total. The van der Waals surface area contributed by atoms with Gasteiger partial charge >= 0.3 is 0 Å². The van der Waals surface area contributed by atoms with E-state index in [1.54, 1.807) is 11.3 Å². The molecule has 2 N–H and O–H groups in total. The van der Waals surface area contributed by atoms with Gasteiger partial charge < -0.3 is 10.6 Å². The Labute approximate surface area is 181 Å². The monoisotopic (exact) mass is 507 g/mol. The van der Waals surface area contributed by atoms with Crippen LogP contribution in [0.25, 0.3) is 10.2 Å². The van der Waals surface area contributed by atoms with Gasteiger partial charge in [-0.1, -0.05) is 18.5 Å². The number of halogens is 2. The molecule has 144 valence electrons. The summed E-state index contributed by atoms with van der Waals surface area (Å²) in [6.07, 6.45) is 0. The van der Waals surface area contributed by atoms with Crippen LogP contribution in [0.2, 0.25) is 5.02 Å². The Morgan fingerprint density at radius 2 is 2.19 bits per heavy atom. The Hall–Kier alpha value is -0.640. The largest absolute Gasteiger partial charge is 0.352 e. The molecule has 3 rings (SSSR count). The number of thiazole rings is 1. The lowest BCUT2D eigenvalue weighted by Gasteiger charge is -2.21. The van der Waals surface area contributed by atoms with E-state index in [9.17, 15) is 0 Å². The molecule has 1 aromatic heterocycles. The second-order valence-electron chi connectivity index (χ2n) is 6.92. The number of guanidine groups is 1. The van der Waals surface area contributed by atoms with E-state index in [-0.39, 0.29) is 24.0 Å². The van der Waals surface area contributed by atoms with Gasteiger partial charge in [0.2, 0.25) is 0 Å². The van der Waals surface area contributed by atoms with Gasteiger partial charge in [0.25, 0.3) is 0 Å². The zero-order valence-corrected chi connectivity index (χ0v) is 19.5. The van der Waals surface area contributed by atoms with Gasteiger partial charge in [-0.25, -0.2) is 4.98 Å². The fourth-order valence-electron chi connectivity index (χ4n) is 3.17. The molecule has 0 spiro atoms. The molecule has 2 heterocycles. The molecule has 1 aliphatic rings. The van der Waals surface area contributed by atoms with Crippen molar-refractivity contribution in [3.63, 3.8) is 0 Å². The molecule has 2 aromatic rings. The highest BCUT2D eigenvalue weighted by molar-refractivity contribution is 14.0. The summed E-state index contributed by atoms with van der Waals surface area (Å²) in [5.41, 5.74) is 0.953. The smallest absolute Gasteiger partial charge is 0.191 e. The third kappa shape index (κ3) is 5.21. The van der Waals surface area contributed by atoms with Crippen LogP contribution in [0.5, 0.6) is 0 Å². The molecule has 0 radical (unpaired) electrons. The lowest BCUT2D eigenvalue weighted by molar-refractivity contribution is 0.265. The first-order valence-corrected chi connectivity index (χ1v) is 9.92. The minimum atomic E-state index is 0. The minimum absolute atomic E-state index is 0. The van der Waals surface area contributed by atoms with Crippen molar-refractivity contribution < 1.29 is 0 Å². The maximum Gasteiger partial charge on any atom is 0.191 e. The van der Waals surface area contributed by atoms with Gasteiger partial charge in [0.15, 0.2) is 5.96 Å². The third-order valence-electron chi connectivity index (χ3n) is 4.72. The summed E-state index contributed by atoms with van der Waals surface area (Å²) in [4.78, 5) is 11.5. The average molecular weight is 508 g/mol. The average Bonchev–Trinajstić information content (AvgIpc) is 3.14. The van der Waals surface area contributed by atoms with Gasteiger partial charge in [-0.05, 0) is 38.0 Å². The zero-order chi connectivity index (χ0) is 18.0. The van der Waals surface area contributed by atoms with Gasteiger partial charge in [0.05, 0.1) is 16.8 Å². The van der Waals surface area contributed by atoms with Gasteiger partial charge in [0, 0.05) is 37.2 Å². The summed E-state index contributed by atoms with van der Waals surface area (Å²) in [5.74, 6) is 1.44. The summed E-state index contributed by atoms with van der Waals surface area (Å²) in [7, 11) is 1.81. The van der Waals surface area contributed by atoms with E-state index in [1.807, 2.05) is 25.2 Å². The topological polar surface area (TPSA) is 52.6 Å². The van der Waals surface area contributed by atoms with Gasteiger partial charge in [-0.15, -0.1) is 35.3 Å². The number of fused-ring (bicyclic) bond motifs is 1. The molecular formula is C18H27ClIN5S. The lowest BCUT2D eigenvalue weighted by Crippen LogP contribution is -2.46. The maximum atomic E-state index is 6.04. The molecule has 0 saturated carbocycles. The molecule has 0 bridgehead atoms. The molecule has 1 saturated heterocycles. The van der Waals surface area contributed by atoms with Crippen LogP contribution in [0.3, 0.4) is 0 Å². The second-order valence-corrected chi connectivity index (χ2v) is 8.47. The fourth-order valence-corrected chi connectivity index (χ4v) is 4.22. The Bertz CT molecular complexity index is 763. The van der Waals surface area contributed by atoms with E-state index in [1.165, 1.54) is 0 Å². The molecule has 8 heteroatoms. The SMILES string of the molecule is CN=C(NCc1nc2cc(Cl)ccc2s1)NC1CN(C(C)C)CC1C.I. The standard InChI is InChI=1S/C18H26ClN5S.HI/c1-11(2)24-9-12(3)15(10-24)23-18(20-4)21-8-17-22-14-7-13(19)5-6-16(14)25-17;/h5-7,11-12,15H,8-10H2,1-4H3,(H2,20,21,23);1H. The summed E-state index contributed by atoms with van der Waals surface area (Å²) >= 11 is 7.72. The van der Waals surface area contributed by atoms with Crippen molar-refractivity contribution in [1.82, 2.24) is 20.5 Å². The number of nitrogens with one attached hydrogen (secondary N) is 2. The lowest BCUT2D eigenvalue weighted by atomic mass is 10.1. The normalized spacial score (nSPS) is 21.2. The fraction of sp³-hybridized carbons (Fsp3) is 0.556. The van der Waals surface area contributed by atoms with E-state index in [2.05, 4.69) is 46.3 Å². The van der Waals surface area contributed by atoms with Crippen LogP contribution >= 0.6 is 46.9 Å². The van der Waals surface area contributed by atoms with Crippen LogP contribution in [0, 0.1) is 5.92 Å². The van der Waals surface area contributed by atoms with Gasteiger partial charge in [0.1, 0.15) is 5.01 Å². The van der Waals surface area contributed by atoms with Crippen LogP contribution < -0.4 is 10.6 Å². The summed E-state index contributed by atoms with van der Waals surface area (Å²) < 4.78 is 1.15. The van der Waals surface area contributed by atoms with E-state index in [0.717, 1.165) is 39.3 Å². The van der Waals surface area contributed by atoms with E-state index >= 15 is 0 Å². The number of likely N-dealkylation sites (tertiary alicyclic amines) is 1. The Morgan fingerprint density at radius 1 is 1.42 bits per heavy atom. The number of benzene rings is 1. The van der Waals surface area contributed by atoms with E-state index in [0.29, 0.717) is 24.5 Å². The first kappa shape index (κ1) is 21.7. The van der Waals surface area contributed by atoms with Crippen molar-refractivity contribution in [1.29, 1.82) is 0 Å². The molecule has 1 fully saturated rings. The Morgan fingerprint density at radius 3 is 2.85 bits per heavy atom. The Balaban J connectivity index is 0.00000243. The highest BCUT2D eigenvalue weighted by Gasteiger charge is 2.31. The van der Waals surface area contributed by atoms with E-state index in [4.69, 9.17) is 11.6 Å². The predicted molar refractivity (Wildman–Crippen MR) is 123 cm³/mol. The number of rotatable bonds is 4. The first-order chi connectivity index (χ1) is 12.0.